The van der Waals surface area contributed by atoms with E-state index in [1.54, 1.807) is 143 Å². The number of hydrogen-bond donors (Lipinski definition) is 14. The van der Waals surface area contributed by atoms with Crippen LogP contribution in [0.1, 0.15) is 140 Å². The molecule has 0 unspecified atom stereocenters. The van der Waals surface area contributed by atoms with Gasteiger partial charge in [0.05, 0.1) is 7.11 Å². The van der Waals surface area contributed by atoms with Crippen LogP contribution in [0.4, 0.5) is 9.59 Å². The fraction of sp³-hybridized carbons (Fsp3) is 0.512. The Balaban J connectivity index is 1.23. The van der Waals surface area contributed by atoms with E-state index in [9.17, 15) is 62.3 Å². The van der Waals surface area contributed by atoms with E-state index in [1.807, 2.05) is 12.3 Å². The van der Waals surface area contributed by atoms with Crippen LogP contribution >= 0.6 is 11.8 Å². The SMILES string of the molecule is COC(=O)[C@H](CCSC)NC(=O)[C@@H](NC(=O)[C@H](NC(=O)[C@H](Cc1ccccc1)NC(=O)[C@H](Cc1ccccc1)NC(=O)[C@H](CCC(N)=O)NC(=O)[C@H](CCC(N)=O)NC(=O)[C@@H]1CCCN1C(=O)[C@H](CCCCNC(=O)OCc1ccccc1)NC(=O)[C@@H]1CCCN1C(=O)[C@H](CCCN=C(N)N)NC(=O)OCc1ccccc1)C(C)C)C(C)C. The molecule has 0 aromatic heterocycles. The fourth-order valence-corrected chi connectivity index (χ4v) is 13.9. The first-order valence-corrected chi connectivity index (χ1v) is 41.1. The molecule has 0 spiro atoms. The van der Waals surface area contributed by atoms with Crippen LogP contribution in [0.25, 0.3) is 0 Å². The molecule has 0 radical (unpaired) electrons. The van der Waals surface area contributed by atoms with Gasteiger partial charge in [0.25, 0.3) is 0 Å². The van der Waals surface area contributed by atoms with Gasteiger partial charge in [0, 0.05) is 51.9 Å². The number of nitrogens with zero attached hydrogens (tertiary/aromatic N) is 3. The quantitative estimate of drug-likeness (QED) is 0.00980. The molecule has 0 bridgehead atoms. The zero-order chi connectivity index (χ0) is 86.2. The summed E-state index contributed by atoms with van der Waals surface area (Å²) >= 11 is 1.45. The highest BCUT2D eigenvalue weighted by molar-refractivity contribution is 7.98. The number of unbranched alkanes of at least 4 members (excludes halogenated alkanes) is 1. The van der Waals surface area contributed by atoms with Gasteiger partial charge in [0.15, 0.2) is 5.96 Å². The Morgan fingerprint density at radius 3 is 1.28 bits per heavy atom. The molecular formula is C82H115N17O18S. The largest absolute Gasteiger partial charge is 0.467 e. The van der Waals surface area contributed by atoms with E-state index in [-0.39, 0.29) is 116 Å². The molecule has 2 saturated heterocycles. The summed E-state index contributed by atoms with van der Waals surface area (Å²) in [5.74, 6) is -11.6. The monoisotopic (exact) mass is 1660 g/mol. The molecule has 2 aliphatic heterocycles. The second-order valence-electron chi connectivity index (χ2n) is 29.6. The third-order valence-electron chi connectivity index (χ3n) is 19.8. The highest BCUT2D eigenvalue weighted by Gasteiger charge is 2.44. The maximum atomic E-state index is 15.2. The number of thioether (sulfide) groups is 1. The van der Waals surface area contributed by atoms with Crippen molar-refractivity contribution in [2.45, 2.75) is 210 Å². The van der Waals surface area contributed by atoms with Crippen LogP contribution < -0.4 is 76.1 Å². The molecule has 0 saturated carbocycles. The van der Waals surface area contributed by atoms with Gasteiger partial charge in [-0.3, -0.25) is 62.5 Å². The summed E-state index contributed by atoms with van der Waals surface area (Å²) in [6.45, 7) is 6.83. The number of primary amides is 2. The normalized spacial score (nSPS) is 15.9. The Kier molecular flexibility index (Phi) is 40.2. The van der Waals surface area contributed by atoms with E-state index < -0.39 is 193 Å². The number of ether oxygens (including phenoxy) is 3. The average molecular weight is 1660 g/mol. The van der Waals surface area contributed by atoms with Gasteiger partial charge in [0.2, 0.25) is 70.9 Å². The predicted octanol–water partition coefficient (Wildman–Crippen LogP) is 1.55. The number of carbonyl (C=O) groups is 15. The van der Waals surface area contributed by atoms with Crippen LogP contribution in [-0.4, -0.2) is 217 Å². The number of alkyl carbamates (subject to hydrolysis) is 2. The molecule has 0 aliphatic carbocycles. The summed E-state index contributed by atoms with van der Waals surface area (Å²) in [5, 5.41) is 27.0. The van der Waals surface area contributed by atoms with E-state index in [1.165, 1.54) is 28.7 Å². The summed E-state index contributed by atoms with van der Waals surface area (Å²) in [4.78, 5) is 217. The number of guanidine groups is 1. The van der Waals surface area contributed by atoms with Crippen molar-refractivity contribution in [2.75, 3.05) is 45.3 Å². The molecule has 642 valence electrons. The summed E-state index contributed by atoms with van der Waals surface area (Å²) in [6.07, 6.45) is -0.410. The Morgan fingerprint density at radius 2 is 0.831 bits per heavy atom. The molecule has 14 amide bonds. The van der Waals surface area contributed by atoms with Gasteiger partial charge < -0.3 is 100 Å². The molecule has 2 aliphatic rings. The molecule has 2 heterocycles. The summed E-state index contributed by atoms with van der Waals surface area (Å²) in [7, 11) is 1.19. The lowest BCUT2D eigenvalue weighted by Gasteiger charge is -2.32. The zero-order valence-corrected chi connectivity index (χ0v) is 68.5. The number of esters is 1. The lowest BCUT2D eigenvalue weighted by atomic mass is 9.98. The number of hydrogen-bond acceptors (Lipinski definition) is 20. The molecule has 118 heavy (non-hydrogen) atoms. The van der Waals surface area contributed by atoms with Gasteiger partial charge in [-0.25, -0.2) is 14.4 Å². The van der Waals surface area contributed by atoms with Gasteiger partial charge in [-0.05, 0) is 123 Å². The first kappa shape index (κ1) is 95.0. The van der Waals surface area contributed by atoms with Crippen molar-refractivity contribution in [1.29, 1.82) is 0 Å². The summed E-state index contributed by atoms with van der Waals surface area (Å²) in [5.41, 5.74) is 24.9. The van der Waals surface area contributed by atoms with Crippen LogP contribution in [0, 0.1) is 11.8 Å². The molecule has 2 fully saturated rings. The Morgan fingerprint density at radius 1 is 0.441 bits per heavy atom. The number of methoxy groups -OCH3 is 1. The van der Waals surface area contributed by atoms with E-state index in [4.69, 9.17) is 37.1 Å². The third kappa shape index (κ3) is 32.3. The fourth-order valence-electron chi connectivity index (χ4n) is 13.4. The van der Waals surface area contributed by atoms with Gasteiger partial charge in [-0.2, -0.15) is 11.8 Å². The van der Waals surface area contributed by atoms with E-state index in [0.29, 0.717) is 28.9 Å². The summed E-state index contributed by atoms with van der Waals surface area (Å²) in [6, 6.07) is 19.9. The topological polar surface area (TPSA) is 527 Å². The number of likely N-dealkylation sites (tertiary alicyclic amines) is 2. The number of nitrogens with two attached hydrogens (primary N) is 4. The molecule has 36 heteroatoms. The van der Waals surface area contributed by atoms with Crippen molar-refractivity contribution in [1.82, 2.24) is 63.0 Å². The van der Waals surface area contributed by atoms with Crippen LogP contribution in [-0.2, 0) is 103 Å². The second-order valence-corrected chi connectivity index (χ2v) is 30.6. The predicted molar refractivity (Wildman–Crippen MR) is 439 cm³/mol. The van der Waals surface area contributed by atoms with E-state index >= 15 is 9.59 Å². The lowest BCUT2D eigenvalue weighted by Crippen LogP contribution is -2.62. The number of benzene rings is 4. The Labute approximate surface area is 691 Å². The van der Waals surface area contributed by atoms with Crippen LogP contribution in [0.2, 0.25) is 0 Å². The number of amides is 14. The van der Waals surface area contributed by atoms with Gasteiger partial charge >= 0.3 is 18.2 Å². The molecule has 4 aromatic rings. The van der Waals surface area contributed by atoms with Crippen molar-refractivity contribution in [3.8, 4) is 0 Å². The zero-order valence-electron chi connectivity index (χ0n) is 67.7. The van der Waals surface area contributed by atoms with Crippen molar-refractivity contribution < 1.29 is 86.1 Å². The van der Waals surface area contributed by atoms with Gasteiger partial charge in [-0.1, -0.05) is 149 Å². The van der Waals surface area contributed by atoms with Crippen molar-refractivity contribution in [3.63, 3.8) is 0 Å². The number of carbonyl (C=O) groups excluding carboxylic acids is 15. The highest BCUT2D eigenvalue weighted by Crippen LogP contribution is 2.25. The molecule has 11 atom stereocenters. The minimum atomic E-state index is -1.71. The average Bonchev–Trinajstić information content (AvgIpc) is 1.61. The van der Waals surface area contributed by atoms with E-state index in [0.717, 1.165) is 5.56 Å². The van der Waals surface area contributed by atoms with E-state index in [2.05, 4.69) is 58.2 Å². The molecule has 35 nitrogen and oxygen atoms in total. The van der Waals surface area contributed by atoms with Crippen LogP contribution in [0.15, 0.2) is 126 Å². The number of aliphatic imine (C=N–C) groups is 1. The minimum absolute atomic E-state index is 0.00175. The van der Waals surface area contributed by atoms with Crippen molar-refractivity contribution in [2.24, 2.45) is 39.8 Å². The molecule has 4 aromatic carbocycles. The second kappa shape index (κ2) is 49.9. The molecule has 6 rings (SSSR count). The van der Waals surface area contributed by atoms with Gasteiger partial charge in [-0.15, -0.1) is 0 Å². The maximum absolute atomic E-state index is 15.2. The Bertz CT molecular complexity index is 4030. The highest BCUT2D eigenvalue weighted by atomic mass is 32.2. The van der Waals surface area contributed by atoms with Crippen LogP contribution in [0.3, 0.4) is 0 Å². The lowest BCUT2D eigenvalue weighted by molar-refractivity contribution is -0.145. The van der Waals surface area contributed by atoms with Crippen LogP contribution in [0.5, 0.6) is 0 Å². The third-order valence-corrected chi connectivity index (χ3v) is 20.4. The first-order valence-electron chi connectivity index (χ1n) is 39.7. The molecular weight excluding hydrogens is 1540 g/mol. The van der Waals surface area contributed by atoms with Crippen molar-refractivity contribution in [3.05, 3.63) is 144 Å². The van der Waals surface area contributed by atoms with Gasteiger partial charge in [0.1, 0.15) is 79.7 Å². The Hall–Kier alpha value is -11.9. The first-order chi connectivity index (χ1) is 56.5. The number of rotatable bonds is 48. The van der Waals surface area contributed by atoms with Crippen molar-refractivity contribution >= 4 is 107 Å². The molecule has 18 N–H and O–H groups in total. The maximum Gasteiger partial charge on any atom is 0.408 e. The standard InChI is InChI=1S/C82H115N17O18S/c1-50(2)67(75(108)92-60(40-45-118-6)79(112)115-5)97-76(109)68(51(3)4)96-72(105)62(47-53-26-13-8-14-27-53)94-71(104)61(46-52-24-11-7-12-25-52)93-70(103)56(36-38-65(83)100)89-69(102)57(37-39-66(84)101)90-73(106)63-34-22-43-98(63)77(110)58(32-19-20-41-88-81(113)116-48-54-28-15-9-16-29-54)91-74(107)64-35-23-44-99(64)78(111)59(33-21-42-87-80(85)86)95-82(114)117-49-55-30-17-10-18-31-55/h7-18,24-31,50-51,56-64,67-68H,19-23,32-49H2,1-6H3,(H2,83,100)(H2,84,101)(H,88,113)(H,89,102)(H,90,106)(H,91,107)(H,92,108)(H,93,103)(H,94,104)(H,95,114)(H,96,105)(H,97,109)(H4,85,86,87)/t56-,57-,58-,59-,60-,61-,62-,63-,64-,67-,68+/m0/s1. The minimum Gasteiger partial charge on any atom is -0.467 e. The summed E-state index contributed by atoms with van der Waals surface area (Å²) < 4.78 is 15.8. The smallest absolute Gasteiger partial charge is 0.408 e. The number of nitrogens with one attached hydrogen (secondary N) is 10.